The molecule has 190 valence electrons. The zero-order valence-corrected chi connectivity index (χ0v) is 20.5. The number of carbonyl (C=O) groups is 4. The van der Waals surface area contributed by atoms with E-state index in [4.69, 9.17) is 5.73 Å². The number of hydrogen-bond donors (Lipinski definition) is 6. The van der Waals surface area contributed by atoms with Crippen LogP contribution in [0.4, 0.5) is 0 Å². The molecule has 0 unspecified atom stereocenters. The molecule has 0 bridgehead atoms. The molecule has 0 heterocycles. The highest BCUT2D eigenvalue weighted by atomic mass is 16.4. The summed E-state index contributed by atoms with van der Waals surface area (Å²) in [5.41, 5.74) is 6.27. The number of phenolic OH excluding ortho intramolecular Hbond substituents is 1. The lowest BCUT2D eigenvalue weighted by Crippen LogP contribution is -2.57. The van der Waals surface area contributed by atoms with E-state index in [0.717, 1.165) is 0 Å². The van der Waals surface area contributed by atoms with E-state index in [1.54, 1.807) is 12.1 Å². The van der Waals surface area contributed by atoms with Crippen LogP contribution in [0, 0.1) is 11.8 Å². The Bertz CT molecular complexity index is 838. The van der Waals surface area contributed by atoms with Crippen molar-refractivity contribution >= 4 is 23.7 Å². The maximum Gasteiger partial charge on any atom is 0.326 e. The Hall–Kier alpha value is -3.14. The lowest BCUT2D eigenvalue weighted by atomic mass is 9.99. The molecule has 0 aliphatic carbocycles. The number of carbonyl (C=O) groups excluding carboxylic acids is 3. The maximum absolute atomic E-state index is 13.1. The molecular formula is C24H38N4O6. The standard InChI is InChI=1S/C24H38N4O6/c1-13(2)10-18(26-21(30)15(5)25)22(31)27-19(12-16-6-8-17(29)9-7-16)23(32)28-20(24(33)34)11-14(3)4/h6-9,13-15,18-20,29H,10-12,25H2,1-5H3,(H,26,30)(H,27,31)(H,28,32)(H,33,34)/t15-,18-,19-,20-/m0/s1. The summed E-state index contributed by atoms with van der Waals surface area (Å²) in [5.74, 6) is -2.76. The molecule has 1 aromatic rings. The van der Waals surface area contributed by atoms with Crippen molar-refractivity contribution in [1.29, 1.82) is 0 Å². The molecule has 0 aromatic heterocycles. The van der Waals surface area contributed by atoms with Gasteiger partial charge in [0.05, 0.1) is 6.04 Å². The Kier molecular flexibility index (Phi) is 11.5. The Morgan fingerprint density at radius 2 is 1.21 bits per heavy atom. The van der Waals surface area contributed by atoms with E-state index in [-0.39, 0.29) is 30.4 Å². The normalized spacial score (nSPS) is 14.7. The summed E-state index contributed by atoms with van der Waals surface area (Å²) in [7, 11) is 0. The average molecular weight is 479 g/mol. The molecule has 0 saturated carbocycles. The van der Waals surface area contributed by atoms with Gasteiger partial charge in [-0.25, -0.2) is 4.79 Å². The van der Waals surface area contributed by atoms with Gasteiger partial charge in [0.2, 0.25) is 17.7 Å². The molecule has 34 heavy (non-hydrogen) atoms. The number of phenols is 1. The fraction of sp³-hybridized carbons (Fsp3) is 0.583. The zero-order chi connectivity index (χ0) is 26.0. The van der Waals surface area contributed by atoms with Crippen molar-refractivity contribution < 1.29 is 29.4 Å². The third kappa shape index (κ3) is 10.2. The van der Waals surface area contributed by atoms with Gasteiger partial charge in [0.1, 0.15) is 23.9 Å². The summed E-state index contributed by atoms with van der Waals surface area (Å²) >= 11 is 0. The number of aromatic hydroxyl groups is 1. The van der Waals surface area contributed by atoms with Crippen LogP contribution in [0.15, 0.2) is 24.3 Å². The molecule has 1 aromatic carbocycles. The van der Waals surface area contributed by atoms with Gasteiger partial charge in [-0.2, -0.15) is 0 Å². The monoisotopic (exact) mass is 478 g/mol. The van der Waals surface area contributed by atoms with Crippen molar-refractivity contribution in [3.8, 4) is 5.75 Å². The molecule has 0 fully saturated rings. The van der Waals surface area contributed by atoms with Gasteiger partial charge in [0.15, 0.2) is 0 Å². The second kappa shape index (κ2) is 13.5. The maximum atomic E-state index is 13.1. The van der Waals surface area contributed by atoms with Gasteiger partial charge in [-0.1, -0.05) is 39.8 Å². The van der Waals surface area contributed by atoms with Crippen LogP contribution in [0.25, 0.3) is 0 Å². The van der Waals surface area contributed by atoms with Crippen LogP contribution in [0.5, 0.6) is 5.75 Å². The molecular weight excluding hydrogens is 440 g/mol. The minimum absolute atomic E-state index is 0.0235. The molecule has 3 amide bonds. The van der Waals surface area contributed by atoms with Gasteiger partial charge in [0.25, 0.3) is 0 Å². The number of nitrogens with two attached hydrogens (primary N) is 1. The molecule has 0 aliphatic heterocycles. The number of amides is 3. The van der Waals surface area contributed by atoms with E-state index in [0.29, 0.717) is 12.0 Å². The van der Waals surface area contributed by atoms with E-state index in [1.165, 1.54) is 19.1 Å². The second-order valence-corrected chi connectivity index (χ2v) is 9.44. The summed E-state index contributed by atoms with van der Waals surface area (Å²) in [5, 5.41) is 26.8. The van der Waals surface area contributed by atoms with Crippen LogP contribution < -0.4 is 21.7 Å². The van der Waals surface area contributed by atoms with Crippen LogP contribution in [0.2, 0.25) is 0 Å². The fourth-order valence-corrected chi connectivity index (χ4v) is 3.32. The SMILES string of the molecule is CC(C)C[C@H](NC(=O)[C@H](Cc1ccc(O)cc1)NC(=O)[C@H](CC(C)C)NC(=O)[C@H](C)N)C(=O)O. The van der Waals surface area contributed by atoms with E-state index in [2.05, 4.69) is 16.0 Å². The number of rotatable bonds is 13. The van der Waals surface area contributed by atoms with Crippen molar-refractivity contribution in [2.75, 3.05) is 0 Å². The van der Waals surface area contributed by atoms with Crippen molar-refractivity contribution in [3.05, 3.63) is 29.8 Å². The Morgan fingerprint density at radius 1 is 0.765 bits per heavy atom. The van der Waals surface area contributed by atoms with E-state index in [9.17, 15) is 29.4 Å². The van der Waals surface area contributed by atoms with Gasteiger partial charge in [-0.15, -0.1) is 0 Å². The zero-order valence-electron chi connectivity index (χ0n) is 20.5. The quantitative estimate of drug-likeness (QED) is 0.245. The molecule has 0 radical (unpaired) electrons. The molecule has 10 heteroatoms. The summed E-state index contributed by atoms with van der Waals surface area (Å²) < 4.78 is 0. The Balaban J connectivity index is 3.14. The summed E-state index contributed by atoms with van der Waals surface area (Å²) in [6.45, 7) is 8.97. The van der Waals surface area contributed by atoms with Crippen molar-refractivity contribution in [1.82, 2.24) is 16.0 Å². The number of aliphatic carboxylic acids is 1. The second-order valence-electron chi connectivity index (χ2n) is 9.44. The third-order valence-electron chi connectivity index (χ3n) is 5.08. The first-order chi connectivity index (χ1) is 15.8. The van der Waals surface area contributed by atoms with Gasteiger partial charge in [-0.3, -0.25) is 14.4 Å². The number of hydrogen-bond acceptors (Lipinski definition) is 6. The molecule has 4 atom stereocenters. The summed E-state index contributed by atoms with van der Waals surface area (Å²) in [6, 6.07) is 2.17. The number of nitrogens with one attached hydrogen (secondary N) is 3. The van der Waals surface area contributed by atoms with Crippen LogP contribution in [0.3, 0.4) is 0 Å². The minimum Gasteiger partial charge on any atom is -0.508 e. The number of carboxylic acid groups (broad SMARTS) is 1. The molecule has 1 rings (SSSR count). The highest BCUT2D eigenvalue weighted by Crippen LogP contribution is 2.13. The Labute approximate surface area is 200 Å². The largest absolute Gasteiger partial charge is 0.508 e. The fourth-order valence-electron chi connectivity index (χ4n) is 3.32. The first-order valence-corrected chi connectivity index (χ1v) is 11.5. The van der Waals surface area contributed by atoms with Gasteiger partial charge in [-0.05, 0) is 49.3 Å². The molecule has 7 N–H and O–H groups in total. The van der Waals surface area contributed by atoms with Crippen molar-refractivity contribution in [2.45, 2.75) is 78.0 Å². The van der Waals surface area contributed by atoms with Crippen LogP contribution in [0.1, 0.15) is 53.0 Å². The molecule has 0 spiro atoms. The van der Waals surface area contributed by atoms with Crippen LogP contribution in [-0.2, 0) is 25.6 Å². The van der Waals surface area contributed by atoms with E-state index in [1.807, 2.05) is 27.7 Å². The predicted octanol–water partition coefficient (Wildman–Crippen LogP) is 0.913. The lowest BCUT2D eigenvalue weighted by molar-refractivity contribution is -0.142. The summed E-state index contributed by atoms with van der Waals surface area (Å²) in [4.78, 5) is 49.9. The predicted molar refractivity (Wildman–Crippen MR) is 128 cm³/mol. The van der Waals surface area contributed by atoms with Crippen LogP contribution >= 0.6 is 0 Å². The van der Waals surface area contributed by atoms with E-state index >= 15 is 0 Å². The Morgan fingerprint density at radius 3 is 1.68 bits per heavy atom. The topological polar surface area (TPSA) is 171 Å². The molecule has 10 nitrogen and oxygen atoms in total. The van der Waals surface area contributed by atoms with Crippen LogP contribution in [-0.4, -0.2) is 58.1 Å². The highest BCUT2D eigenvalue weighted by Gasteiger charge is 2.30. The highest BCUT2D eigenvalue weighted by molar-refractivity contribution is 5.94. The van der Waals surface area contributed by atoms with Gasteiger partial charge < -0.3 is 31.9 Å². The minimum atomic E-state index is -1.17. The lowest BCUT2D eigenvalue weighted by Gasteiger charge is -2.26. The van der Waals surface area contributed by atoms with Crippen molar-refractivity contribution in [2.24, 2.45) is 17.6 Å². The van der Waals surface area contributed by atoms with Crippen molar-refractivity contribution in [3.63, 3.8) is 0 Å². The molecule has 0 aliphatic rings. The van der Waals surface area contributed by atoms with E-state index < -0.39 is 47.9 Å². The first kappa shape index (κ1) is 28.9. The third-order valence-corrected chi connectivity index (χ3v) is 5.08. The number of benzene rings is 1. The molecule has 0 saturated heterocycles. The van der Waals surface area contributed by atoms with Gasteiger partial charge >= 0.3 is 5.97 Å². The summed E-state index contributed by atoms with van der Waals surface area (Å²) in [6.07, 6.45) is 0.603. The first-order valence-electron chi connectivity index (χ1n) is 11.5. The smallest absolute Gasteiger partial charge is 0.326 e. The number of carboxylic acids is 1. The van der Waals surface area contributed by atoms with Gasteiger partial charge in [0, 0.05) is 6.42 Å². The average Bonchev–Trinajstić information content (AvgIpc) is 2.72.